The maximum absolute atomic E-state index is 12.0. The van der Waals surface area contributed by atoms with Crippen LogP contribution in [0.1, 0.15) is 22.8 Å². The quantitative estimate of drug-likeness (QED) is 0.632. The lowest BCUT2D eigenvalue weighted by atomic mass is 10.2. The van der Waals surface area contributed by atoms with Gasteiger partial charge in [-0.2, -0.15) is 5.10 Å². The number of phenolic OH excluding ortho intramolecular Hbond substituents is 1. The standard InChI is InChI=1S/C18H21N3O3/c1-4-24-17-11-13(5-10-16(17)22)12-19-20-18(23)14-6-8-15(9-7-14)21(2)3/h5-12,22H,4H2,1-3H3,(H,20,23)/b19-12+. The van der Waals surface area contributed by atoms with Crippen molar-refractivity contribution in [1.29, 1.82) is 0 Å². The molecule has 2 rings (SSSR count). The van der Waals surface area contributed by atoms with Gasteiger partial charge in [-0.3, -0.25) is 4.79 Å². The van der Waals surface area contributed by atoms with Crippen molar-refractivity contribution >= 4 is 17.8 Å². The van der Waals surface area contributed by atoms with E-state index in [2.05, 4.69) is 10.5 Å². The van der Waals surface area contributed by atoms with Crippen LogP contribution in [0.2, 0.25) is 0 Å². The van der Waals surface area contributed by atoms with Gasteiger partial charge in [0.15, 0.2) is 11.5 Å². The van der Waals surface area contributed by atoms with Gasteiger partial charge in [0.05, 0.1) is 12.8 Å². The molecule has 0 aliphatic carbocycles. The van der Waals surface area contributed by atoms with Crippen LogP contribution in [-0.2, 0) is 0 Å². The normalized spacial score (nSPS) is 10.6. The number of aromatic hydroxyl groups is 1. The molecule has 0 unspecified atom stereocenters. The highest BCUT2D eigenvalue weighted by Gasteiger charge is 2.05. The first-order chi connectivity index (χ1) is 11.5. The molecule has 2 N–H and O–H groups in total. The molecule has 24 heavy (non-hydrogen) atoms. The predicted molar refractivity (Wildman–Crippen MR) is 95.1 cm³/mol. The average molecular weight is 327 g/mol. The fourth-order valence-corrected chi connectivity index (χ4v) is 2.02. The average Bonchev–Trinajstić information content (AvgIpc) is 2.58. The third kappa shape index (κ3) is 4.49. The fourth-order valence-electron chi connectivity index (χ4n) is 2.02. The van der Waals surface area contributed by atoms with Gasteiger partial charge in [0.1, 0.15) is 0 Å². The maximum Gasteiger partial charge on any atom is 0.271 e. The zero-order chi connectivity index (χ0) is 17.5. The summed E-state index contributed by atoms with van der Waals surface area (Å²) in [7, 11) is 3.88. The van der Waals surface area contributed by atoms with E-state index < -0.39 is 0 Å². The molecule has 1 amide bonds. The summed E-state index contributed by atoms with van der Waals surface area (Å²) in [6, 6.07) is 12.1. The smallest absolute Gasteiger partial charge is 0.271 e. The first kappa shape index (κ1) is 17.3. The van der Waals surface area contributed by atoms with Crippen molar-refractivity contribution < 1.29 is 14.6 Å². The van der Waals surface area contributed by atoms with Crippen molar-refractivity contribution in [2.24, 2.45) is 5.10 Å². The van der Waals surface area contributed by atoms with E-state index >= 15 is 0 Å². The molecule has 2 aromatic carbocycles. The second-order valence-electron chi connectivity index (χ2n) is 5.30. The monoisotopic (exact) mass is 327 g/mol. The van der Waals surface area contributed by atoms with Gasteiger partial charge in [0, 0.05) is 25.3 Å². The molecule has 126 valence electrons. The summed E-state index contributed by atoms with van der Waals surface area (Å²) >= 11 is 0. The third-order valence-electron chi connectivity index (χ3n) is 3.31. The Hall–Kier alpha value is -3.02. The van der Waals surface area contributed by atoms with Gasteiger partial charge < -0.3 is 14.7 Å². The number of hydrogen-bond acceptors (Lipinski definition) is 5. The molecule has 0 heterocycles. The first-order valence-corrected chi connectivity index (χ1v) is 7.58. The fraction of sp³-hybridized carbons (Fsp3) is 0.222. The number of phenols is 1. The number of nitrogens with one attached hydrogen (secondary N) is 1. The number of ether oxygens (including phenoxy) is 1. The van der Waals surface area contributed by atoms with Gasteiger partial charge in [0.2, 0.25) is 0 Å². The summed E-state index contributed by atoms with van der Waals surface area (Å²) in [5.74, 6) is 0.159. The van der Waals surface area contributed by atoms with E-state index in [-0.39, 0.29) is 11.7 Å². The lowest BCUT2D eigenvalue weighted by molar-refractivity contribution is 0.0955. The van der Waals surface area contributed by atoms with Crippen molar-refractivity contribution in [3.63, 3.8) is 0 Å². The largest absolute Gasteiger partial charge is 0.504 e. The molecule has 0 fully saturated rings. The predicted octanol–water partition coefficient (Wildman–Crippen LogP) is 2.62. The Balaban J connectivity index is 2.00. The molecule has 0 spiro atoms. The van der Waals surface area contributed by atoms with Crippen LogP contribution in [0.3, 0.4) is 0 Å². The summed E-state index contributed by atoms with van der Waals surface area (Å²) in [5, 5.41) is 13.6. The minimum atomic E-state index is -0.291. The van der Waals surface area contributed by atoms with E-state index in [0.717, 1.165) is 5.69 Å². The highest BCUT2D eigenvalue weighted by molar-refractivity contribution is 5.95. The third-order valence-corrected chi connectivity index (χ3v) is 3.31. The molecule has 0 aliphatic heterocycles. The number of carbonyl (C=O) groups excluding carboxylic acids is 1. The molecular weight excluding hydrogens is 306 g/mol. The second kappa shape index (κ2) is 8.01. The summed E-state index contributed by atoms with van der Waals surface area (Å²) in [6.07, 6.45) is 1.49. The molecule has 0 radical (unpaired) electrons. The van der Waals surface area contributed by atoms with E-state index in [1.165, 1.54) is 12.3 Å². The zero-order valence-corrected chi connectivity index (χ0v) is 14.0. The molecule has 0 aromatic heterocycles. The summed E-state index contributed by atoms with van der Waals surface area (Å²) in [5.41, 5.74) is 4.73. The highest BCUT2D eigenvalue weighted by atomic mass is 16.5. The van der Waals surface area contributed by atoms with E-state index in [1.54, 1.807) is 24.3 Å². The van der Waals surface area contributed by atoms with Crippen LogP contribution < -0.4 is 15.1 Å². The van der Waals surface area contributed by atoms with Crippen LogP contribution in [0.4, 0.5) is 5.69 Å². The van der Waals surface area contributed by atoms with E-state index in [0.29, 0.717) is 23.5 Å². The van der Waals surface area contributed by atoms with Gasteiger partial charge >= 0.3 is 0 Å². The Morgan fingerprint density at radius 3 is 2.58 bits per heavy atom. The Morgan fingerprint density at radius 2 is 1.96 bits per heavy atom. The number of anilines is 1. The van der Waals surface area contributed by atoms with Crippen molar-refractivity contribution in [3.8, 4) is 11.5 Å². The number of rotatable bonds is 6. The molecular formula is C18H21N3O3. The van der Waals surface area contributed by atoms with E-state index in [9.17, 15) is 9.90 Å². The topological polar surface area (TPSA) is 74.2 Å². The zero-order valence-electron chi connectivity index (χ0n) is 14.0. The van der Waals surface area contributed by atoms with Crippen molar-refractivity contribution in [1.82, 2.24) is 5.43 Å². The Labute approximate surface area is 141 Å². The molecule has 0 saturated carbocycles. The number of carbonyl (C=O) groups is 1. The molecule has 0 atom stereocenters. The molecule has 2 aromatic rings. The minimum absolute atomic E-state index is 0.0685. The Bertz CT molecular complexity index is 725. The molecule has 0 saturated heterocycles. The molecule has 6 heteroatoms. The number of benzene rings is 2. The molecule has 6 nitrogen and oxygen atoms in total. The van der Waals surface area contributed by atoms with Gasteiger partial charge in [-0.25, -0.2) is 5.43 Å². The van der Waals surface area contributed by atoms with Crippen LogP contribution in [0.15, 0.2) is 47.6 Å². The molecule has 0 aliphatic rings. The summed E-state index contributed by atoms with van der Waals surface area (Å²) < 4.78 is 5.30. The highest BCUT2D eigenvalue weighted by Crippen LogP contribution is 2.26. The van der Waals surface area contributed by atoms with Gasteiger partial charge in [-0.1, -0.05) is 0 Å². The van der Waals surface area contributed by atoms with Crippen LogP contribution in [0, 0.1) is 0 Å². The number of hydrazone groups is 1. The maximum atomic E-state index is 12.0. The van der Waals surface area contributed by atoms with Crippen molar-refractivity contribution in [2.75, 3.05) is 25.6 Å². The summed E-state index contributed by atoms with van der Waals surface area (Å²) in [4.78, 5) is 14.0. The Kier molecular flexibility index (Phi) is 5.78. The molecule has 0 bridgehead atoms. The van der Waals surface area contributed by atoms with Crippen molar-refractivity contribution in [3.05, 3.63) is 53.6 Å². The SMILES string of the molecule is CCOc1cc(/C=N/NC(=O)c2ccc(N(C)C)cc2)ccc1O. The van der Waals surface area contributed by atoms with Crippen LogP contribution in [0.25, 0.3) is 0 Å². The van der Waals surface area contributed by atoms with Crippen LogP contribution >= 0.6 is 0 Å². The van der Waals surface area contributed by atoms with Crippen molar-refractivity contribution in [2.45, 2.75) is 6.92 Å². The number of nitrogens with zero attached hydrogens (tertiary/aromatic N) is 2. The lowest BCUT2D eigenvalue weighted by Crippen LogP contribution is -2.18. The minimum Gasteiger partial charge on any atom is -0.504 e. The van der Waals surface area contributed by atoms with E-state index in [1.807, 2.05) is 38.1 Å². The lowest BCUT2D eigenvalue weighted by Gasteiger charge is -2.12. The number of hydrogen-bond donors (Lipinski definition) is 2. The second-order valence-corrected chi connectivity index (χ2v) is 5.30. The van der Waals surface area contributed by atoms with Crippen LogP contribution in [0.5, 0.6) is 11.5 Å². The van der Waals surface area contributed by atoms with Gasteiger partial charge in [-0.15, -0.1) is 0 Å². The van der Waals surface area contributed by atoms with Gasteiger partial charge in [-0.05, 0) is 55.0 Å². The van der Waals surface area contributed by atoms with Gasteiger partial charge in [0.25, 0.3) is 5.91 Å². The van der Waals surface area contributed by atoms with E-state index in [4.69, 9.17) is 4.74 Å². The summed E-state index contributed by atoms with van der Waals surface area (Å²) in [6.45, 7) is 2.29. The van der Waals surface area contributed by atoms with Crippen LogP contribution in [-0.4, -0.2) is 37.9 Å². The first-order valence-electron chi connectivity index (χ1n) is 7.58. The number of amides is 1. The Morgan fingerprint density at radius 1 is 1.25 bits per heavy atom.